The molecule has 2 rings (SSSR count). The van der Waals surface area contributed by atoms with Crippen molar-refractivity contribution in [3.8, 4) is 10.7 Å². The summed E-state index contributed by atoms with van der Waals surface area (Å²) in [7, 11) is 0. The molecule has 0 radical (unpaired) electrons. The highest BCUT2D eigenvalue weighted by Gasteiger charge is 2.05. The fraction of sp³-hybridized carbons (Fsp3) is 0.200. The molecule has 2 aromatic heterocycles. The summed E-state index contributed by atoms with van der Waals surface area (Å²) in [5.74, 6) is 0. The van der Waals surface area contributed by atoms with Gasteiger partial charge in [0.05, 0.1) is 11.4 Å². The van der Waals surface area contributed by atoms with E-state index in [1.165, 1.54) is 4.88 Å². The zero-order valence-corrected chi connectivity index (χ0v) is 8.43. The van der Waals surface area contributed by atoms with Crippen molar-refractivity contribution >= 4 is 11.3 Å². The van der Waals surface area contributed by atoms with Gasteiger partial charge in [-0.05, 0) is 26.0 Å². The van der Waals surface area contributed by atoms with E-state index >= 15 is 0 Å². The second-order valence-corrected chi connectivity index (χ2v) is 4.08. The summed E-state index contributed by atoms with van der Waals surface area (Å²) < 4.78 is 0. The topological polar surface area (TPSA) is 25.8 Å². The van der Waals surface area contributed by atoms with Gasteiger partial charge in [0.1, 0.15) is 5.01 Å². The molecule has 2 nitrogen and oxygen atoms in total. The first-order chi connectivity index (χ1) is 6.27. The van der Waals surface area contributed by atoms with Crippen molar-refractivity contribution in [2.75, 3.05) is 0 Å². The first-order valence-electron chi connectivity index (χ1n) is 4.13. The summed E-state index contributed by atoms with van der Waals surface area (Å²) in [6.07, 6.45) is 1.79. The van der Waals surface area contributed by atoms with Gasteiger partial charge in [0, 0.05) is 11.1 Å². The summed E-state index contributed by atoms with van der Waals surface area (Å²) in [6.45, 7) is 4.11. The van der Waals surface area contributed by atoms with Gasteiger partial charge in [-0.2, -0.15) is 0 Å². The Morgan fingerprint density at radius 2 is 2.08 bits per heavy atom. The summed E-state index contributed by atoms with van der Waals surface area (Å²) in [6, 6.07) is 5.88. The third-order valence-electron chi connectivity index (χ3n) is 1.91. The number of aryl methyl sites for hydroxylation is 2. The number of rotatable bonds is 1. The molecule has 0 aromatic carbocycles. The molecule has 0 aliphatic rings. The van der Waals surface area contributed by atoms with Crippen molar-refractivity contribution in [1.82, 2.24) is 9.97 Å². The number of aromatic nitrogens is 2. The Morgan fingerprint density at radius 3 is 2.62 bits per heavy atom. The lowest BCUT2D eigenvalue weighted by molar-refractivity contribution is 1.21. The SMILES string of the molecule is Cc1nc(-c2ccccn2)sc1C. The highest BCUT2D eigenvalue weighted by molar-refractivity contribution is 7.15. The third-order valence-corrected chi connectivity index (χ3v) is 3.01. The van der Waals surface area contributed by atoms with Crippen LogP contribution in [0.5, 0.6) is 0 Å². The van der Waals surface area contributed by atoms with Crippen molar-refractivity contribution < 1.29 is 0 Å². The number of thiazole rings is 1. The Labute approximate surface area is 81.3 Å². The van der Waals surface area contributed by atoms with E-state index in [9.17, 15) is 0 Å². The van der Waals surface area contributed by atoms with Gasteiger partial charge in [-0.15, -0.1) is 11.3 Å². The van der Waals surface area contributed by atoms with E-state index in [-0.39, 0.29) is 0 Å². The molecule has 0 fully saturated rings. The first kappa shape index (κ1) is 8.38. The lowest BCUT2D eigenvalue weighted by atomic mass is 10.3. The molecule has 0 N–H and O–H groups in total. The maximum Gasteiger partial charge on any atom is 0.142 e. The quantitative estimate of drug-likeness (QED) is 0.691. The number of hydrogen-bond acceptors (Lipinski definition) is 3. The van der Waals surface area contributed by atoms with E-state index in [0.29, 0.717) is 0 Å². The smallest absolute Gasteiger partial charge is 0.142 e. The van der Waals surface area contributed by atoms with Crippen molar-refractivity contribution in [3.63, 3.8) is 0 Å². The molecule has 2 aromatic rings. The number of hydrogen-bond donors (Lipinski definition) is 0. The molecule has 3 heteroatoms. The van der Waals surface area contributed by atoms with Crippen LogP contribution in [0.3, 0.4) is 0 Å². The number of pyridine rings is 1. The maximum atomic E-state index is 4.44. The molecular weight excluding hydrogens is 180 g/mol. The maximum absolute atomic E-state index is 4.44. The monoisotopic (exact) mass is 190 g/mol. The molecule has 0 spiro atoms. The van der Waals surface area contributed by atoms with Crippen LogP contribution in [0.15, 0.2) is 24.4 Å². The average Bonchev–Trinajstić information content (AvgIpc) is 2.49. The Kier molecular flexibility index (Phi) is 2.10. The predicted octanol–water partition coefficient (Wildman–Crippen LogP) is 2.82. The van der Waals surface area contributed by atoms with E-state index in [0.717, 1.165) is 16.4 Å². The minimum absolute atomic E-state index is 0.962. The van der Waals surface area contributed by atoms with Crippen LogP contribution < -0.4 is 0 Å². The molecule has 0 saturated heterocycles. The van der Waals surface area contributed by atoms with Crippen LogP contribution in [0, 0.1) is 13.8 Å². The van der Waals surface area contributed by atoms with Gasteiger partial charge in [-0.25, -0.2) is 4.98 Å². The summed E-state index contributed by atoms with van der Waals surface area (Å²) in [4.78, 5) is 9.95. The van der Waals surface area contributed by atoms with Crippen LogP contribution in [0.25, 0.3) is 10.7 Å². The second-order valence-electron chi connectivity index (χ2n) is 2.88. The zero-order chi connectivity index (χ0) is 9.26. The molecular formula is C10H10N2S. The molecule has 2 heterocycles. The Bertz CT molecular complexity index is 387. The molecule has 0 unspecified atom stereocenters. The Balaban J connectivity index is 2.48. The minimum Gasteiger partial charge on any atom is -0.254 e. The van der Waals surface area contributed by atoms with Crippen molar-refractivity contribution in [2.45, 2.75) is 13.8 Å². The van der Waals surface area contributed by atoms with Crippen molar-refractivity contribution in [1.29, 1.82) is 0 Å². The summed E-state index contributed by atoms with van der Waals surface area (Å²) in [5.41, 5.74) is 2.06. The zero-order valence-electron chi connectivity index (χ0n) is 7.61. The van der Waals surface area contributed by atoms with Gasteiger partial charge < -0.3 is 0 Å². The molecule has 0 aliphatic carbocycles. The van der Waals surface area contributed by atoms with E-state index < -0.39 is 0 Å². The van der Waals surface area contributed by atoms with Gasteiger partial charge in [-0.1, -0.05) is 6.07 Å². The molecule has 66 valence electrons. The third kappa shape index (κ3) is 1.60. The normalized spacial score (nSPS) is 10.3. The first-order valence-corrected chi connectivity index (χ1v) is 4.94. The minimum atomic E-state index is 0.962. The van der Waals surface area contributed by atoms with Crippen LogP contribution in [-0.4, -0.2) is 9.97 Å². The van der Waals surface area contributed by atoms with Crippen molar-refractivity contribution in [2.24, 2.45) is 0 Å². The lowest BCUT2D eigenvalue weighted by Gasteiger charge is -1.91. The van der Waals surface area contributed by atoms with Gasteiger partial charge >= 0.3 is 0 Å². The number of nitrogens with zero attached hydrogens (tertiary/aromatic N) is 2. The fourth-order valence-corrected chi connectivity index (χ4v) is 1.96. The Morgan fingerprint density at radius 1 is 1.23 bits per heavy atom. The summed E-state index contributed by atoms with van der Waals surface area (Å²) >= 11 is 1.69. The molecule has 0 amide bonds. The van der Waals surface area contributed by atoms with Gasteiger partial charge in [0.25, 0.3) is 0 Å². The highest BCUT2D eigenvalue weighted by Crippen LogP contribution is 2.24. The molecule has 0 atom stereocenters. The van der Waals surface area contributed by atoms with Gasteiger partial charge in [0.2, 0.25) is 0 Å². The van der Waals surface area contributed by atoms with Crippen LogP contribution in [0.1, 0.15) is 10.6 Å². The van der Waals surface area contributed by atoms with Crippen LogP contribution >= 0.6 is 11.3 Å². The standard InChI is InChI=1S/C10H10N2S/c1-7-8(2)13-10(12-7)9-5-3-4-6-11-9/h3-6H,1-2H3. The van der Waals surface area contributed by atoms with E-state index in [1.807, 2.05) is 25.1 Å². The summed E-state index contributed by atoms with van der Waals surface area (Å²) in [5, 5.41) is 1.01. The Hall–Kier alpha value is -1.22. The van der Waals surface area contributed by atoms with Gasteiger partial charge in [0.15, 0.2) is 0 Å². The van der Waals surface area contributed by atoms with Crippen molar-refractivity contribution in [3.05, 3.63) is 35.0 Å². The molecule has 0 saturated carbocycles. The molecule has 0 bridgehead atoms. The van der Waals surface area contributed by atoms with E-state index in [4.69, 9.17) is 0 Å². The fourth-order valence-electron chi connectivity index (χ4n) is 1.07. The largest absolute Gasteiger partial charge is 0.254 e. The van der Waals surface area contributed by atoms with Crippen LogP contribution in [-0.2, 0) is 0 Å². The van der Waals surface area contributed by atoms with E-state index in [1.54, 1.807) is 17.5 Å². The second kappa shape index (κ2) is 3.26. The predicted molar refractivity (Wildman–Crippen MR) is 54.8 cm³/mol. The lowest BCUT2D eigenvalue weighted by Crippen LogP contribution is -1.80. The molecule has 13 heavy (non-hydrogen) atoms. The highest BCUT2D eigenvalue weighted by atomic mass is 32.1. The van der Waals surface area contributed by atoms with E-state index in [2.05, 4.69) is 16.9 Å². The average molecular weight is 190 g/mol. The van der Waals surface area contributed by atoms with Crippen LogP contribution in [0.4, 0.5) is 0 Å². The molecule has 0 aliphatic heterocycles. The van der Waals surface area contributed by atoms with Crippen LogP contribution in [0.2, 0.25) is 0 Å². The van der Waals surface area contributed by atoms with Gasteiger partial charge in [-0.3, -0.25) is 4.98 Å².